The first kappa shape index (κ1) is 15.0. The van der Waals surface area contributed by atoms with E-state index in [9.17, 15) is 17.2 Å². The molecule has 0 saturated carbocycles. The van der Waals surface area contributed by atoms with Crippen molar-refractivity contribution in [1.82, 2.24) is 20.6 Å². The second kappa shape index (κ2) is 5.72. The lowest BCUT2D eigenvalue weighted by Gasteiger charge is -2.22. The maximum absolute atomic E-state index is 13.6. The normalized spacial score (nSPS) is 11.4. The molecular formula is C13H8F2N5O2S-. The van der Waals surface area contributed by atoms with E-state index in [4.69, 9.17) is 0 Å². The van der Waals surface area contributed by atoms with Crippen molar-refractivity contribution >= 4 is 15.7 Å². The number of H-pyrrole nitrogens is 1. The van der Waals surface area contributed by atoms with Crippen LogP contribution in [0.25, 0.3) is 16.1 Å². The third-order valence-electron chi connectivity index (χ3n) is 2.85. The van der Waals surface area contributed by atoms with Crippen molar-refractivity contribution in [1.29, 1.82) is 0 Å². The van der Waals surface area contributed by atoms with Crippen molar-refractivity contribution in [2.45, 2.75) is 4.90 Å². The number of halogens is 2. The average molecular weight is 336 g/mol. The van der Waals surface area contributed by atoms with E-state index >= 15 is 0 Å². The molecule has 0 fully saturated rings. The van der Waals surface area contributed by atoms with Gasteiger partial charge in [-0.05, 0) is 17.3 Å². The maximum atomic E-state index is 13.6. The summed E-state index contributed by atoms with van der Waals surface area (Å²) in [5.74, 6) is -2.18. The topological polar surface area (TPSA) is 103 Å². The predicted molar refractivity (Wildman–Crippen MR) is 76.2 cm³/mol. The van der Waals surface area contributed by atoms with Gasteiger partial charge in [-0.1, -0.05) is 30.3 Å². The van der Waals surface area contributed by atoms with Crippen LogP contribution >= 0.6 is 0 Å². The number of tetrazole rings is 1. The Labute approximate surface area is 129 Å². The highest BCUT2D eigenvalue weighted by Gasteiger charge is 2.17. The van der Waals surface area contributed by atoms with Gasteiger partial charge in [0.1, 0.15) is 26.6 Å². The summed E-state index contributed by atoms with van der Waals surface area (Å²) in [6, 6.07) is 8.63. The zero-order valence-corrected chi connectivity index (χ0v) is 12.1. The van der Waals surface area contributed by atoms with E-state index in [2.05, 4.69) is 25.3 Å². The molecule has 0 aliphatic heterocycles. The van der Waals surface area contributed by atoms with Crippen molar-refractivity contribution < 1.29 is 17.2 Å². The Balaban J connectivity index is 1.97. The Morgan fingerprint density at radius 3 is 2.39 bits per heavy atom. The summed E-state index contributed by atoms with van der Waals surface area (Å²) >= 11 is 0. The highest BCUT2D eigenvalue weighted by atomic mass is 32.2. The summed E-state index contributed by atoms with van der Waals surface area (Å²) in [4.78, 5) is -1.09. The fourth-order valence-electron chi connectivity index (χ4n) is 1.90. The summed E-state index contributed by atoms with van der Waals surface area (Å²) in [6.45, 7) is 0. The zero-order chi connectivity index (χ0) is 16.4. The van der Waals surface area contributed by atoms with Crippen LogP contribution < -0.4 is 0 Å². The molecule has 0 bridgehead atoms. The van der Waals surface area contributed by atoms with Crippen LogP contribution in [0, 0.1) is 11.6 Å². The summed E-state index contributed by atoms with van der Waals surface area (Å²) in [5.41, 5.74) is 0.430. The molecule has 0 atom stereocenters. The number of rotatable bonds is 4. The molecule has 1 N–H and O–H groups in total. The highest BCUT2D eigenvalue weighted by Crippen LogP contribution is 2.32. The number of benzene rings is 2. The third-order valence-corrected chi connectivity index (χ3v) is 4.21. The molecule has 0 radical (unpaired) electrons. The van der Waals surface area contributed by atoms with Crippen LogP contribution in [0.3, 0.4) is 0 Å². The van der Waals surface area contributed by atoms with Crippen LogP contribution in [0.4, 0.5) is 14.5 Å². The molecule has 0 saturated heterocycles. The van der Waals surface area contributed by atoms with Crippen LogP contribution in [0.5, 0.6) is 0 Å². The lowest BCUT2D eigenvalue weighted by molar-refractivity contribution is 0.522. The van der Waals surface area contributed by atoms with Crippen molar-refractivity contribution in [3.05, 3.63) is 58.8 Å². The Kier molecular flexibility index (Phi) is 3.74. The number of aromatic nitrogens is 4. The van der Waals surface area contributed by atoms with Gasteiger partial charge in [-0.25, -0.2) is 17.2 Å². The van der Waals surface area contributed by atoms with Crippen LogP contribution in [0.15, 0.2) is 47.4 Å². The molecule has 0 unspecified atom stereocenters. The number of hydrogen-bond acceptors (Lipinski definition) is 5. The van der Waals surface area contributed by atoms with Crippen LogP contribution in [0.2, 0.25) is 0 Å². The quantitative estimate of drug-likeness (QED) is 0.788. The van der Waals surface area contributed by atoms with E-state index in [1.165, 1.54) is 18.2 Å². The lowest BCUT2D eigenvalue weighted by atomic mass is 10.2. The molecule has 2 aromatic carbocycles. The summed E-state index contributed by atoms with van der Waals surface area (Å²) in [6.07, 6.45) is 0. The Morgan fingerprint density at radius 1 is 1.04 bits per heavy atom. The molecule has 0 amide bonds. The summed E-state index contributed by atoms with van der Waals surface area (Å²) in [7, 11) is -4.55. The number of aromatic amines is 1. The first-order chi connectivity index (χ1) is 11.0. The molecule has 0 aliphatic rings. The third kappa shape index (κ3) is 3.01. The van der Waals surface area contributed by atoms with Gasteiger partial charge in [0, 0.05) is 5.56 Å². The zero-order valence-electron chi connectivity index (χ0n) is 11.3. The van der Waals surface area contributed by atoms with Gasteiger partial charge >= 0.3 is 0 Å². The van der Waals surface area contributed by atoms with E-state index in [0.717, 1.165) is 18.2 Å². The first-order valence-electron chi connectivity index (χ1n) is 6.23. The smallest absolute Gasteiger partial charge is 0.204 e. The van der Waals surface area contributed by atoms with Gasteiger partial charge in [-0.2, -0.15) is 5.21 Å². The second-order valence-corrected chi connectivity index (χ2v) is 5.94. The molecule has 10 heteroatoms. The number of nitrogens with one attached hydrogen (secondary N) is 1. The van der Waals surface area contributed by atoms with E-state index < -0.39 is 26.6 Å². The highest BCUT2D eigenvalue weighted by molar-refractivity contribution is 7.94. The molecule has 118 valence electrons. The van der Waals surface area contributed by atoms with Gasteiger partial charge in [0.2, 0.25) is 5.82 Å². The number of hydrogen-bond donors (Lipinski definition) is 1. The van der Waals surface area contributed by atoms with E-state index in [0.29, 0.717) is 5.56 Å². The Morgan fingerprint density at radius 2 is 1.74 bits per heavy atom. The minimum Gasteiger partial charge on any atom is -0.573 e. The average Bonchev–Trinajstić information content (AvgIpc) is 3.00. The van der Waals surface area contributed by atoms with Crippen molar-refractivity contribution in [3.8, 4) is 11.4 Å². The van der Waals surface area contributed by atoms with Gasteiger partial charge in [0.05, 0.1) is 0 Å². The maximum Gasteiger partial charge on any atom is 0.204 e. The van der Waals surface area contributed by atoms with Gasteiger partial charge < -0.3 is 4.72 Å². The molecule has 3 aromatic rings. The fraction of sp³-hybridized carbons (Fsp3) is 0. The van der Waals surface area contributed by atoms with Crippen LogP contribution in [0.1, 0.15) is 0 Å². The molecule has 3 rings (SSSR count). The van der Waals surface area contributed by atoms with Crippen LogP contribution in [-0.2, 0) is 10.0 Å². The van der Waals surface area contributed by atoms with Gasteiger partial charge in [0.25, 0.3) is 0 Å². The van der Waals surface area contributed by atoms with Gasteiger partial charge in [0.15, 0.2) is 0 Å². The second-order valence-electron chi connectivity index (χ2n) is 4.40. The standard InChI is InChI=1S/C13H8F2N5O2S/c14-10-5-2-6-11(15)12(10)23(21,22)18-9-4-1-3-8(7-9)13-16-19-20-17-13/h1-7H,(H,16,17,19,20)/q-1. The minimum atomic E-state index is -4.55. The van der Waals surface area contributed by atoms with Crippen molar-refractivity contribution in [3.63, 3.8) is 0 Å². The number of nitrogens with zero attached hydrogens (tertiary/aromatic N) is 4. The minimum absolute atomic E-state index is 0.0186. The fourth-order valence-corrected chi connectivity index (χ4v) is 3.01. The van der Waals surface area contributed by atoms with E-state index in [1.54, 1.807) is 6.07 Å². The van der Waals surface area contributed by atoms with Gasteiger partial charge in [-0.3, -0.25) is 0 Å². The van der Waals surface area contributed by atoms with Crippen molar-refractivity contribution in [2.75, 3.05) is 0 Å². The molecule has 1 aromatic heterocycles. The predicted octanol–water partition coefficient (Wildman–Crippen LogP) is 2.54. The van der Waals surface area contributed by atoms with Crippen molar-refractivity contribution in [2.24, 2.45) is 0 Å². The lowest BCUT2D eigenvalue weighted by Crippen LogP contribution is -2.04. The SMILES string of the molecule is O=S(=O)([N-]c1cccc(-c2nn[nH]n2)c1)c1c(F)cccc1F. The van der Waals surface area contributed by atoms with E-state index in [1.807, 2.05) is 0 Å². The largest absolute Gasteiger partial charge is 0.573 e. The molecule has 1 heterocycles. The monoisotopic (exact) mass is 336 g/mol. The number of sulfonamides is 1. The van der Waals surface area contributed by atoms with Gasteiger partial charge in [-0.15, -0.1) is 15.9 Å². The first-order valence-corrected chi connectivity index (χ1v) is 7.67. The molecule has 0 aliphatic carbocycles. The summed E-state index contributed by atoms with van der Waals surface area (Å²) < 4.78 is 55.0. The van der Waals surface area contributed by atoms with Crippen LogP contribution in [-0.4, -0.2) is 29.0 Å². The Hall–Kier alpha value is -2.88. The molecule has 23 heavy (non-hydrogen) atoms. The molecular weight excluding hydrogens is 328 g/mol. The summed E-state index contributed by atoms with van der Waals surface area (Å²) in [5, 5.41) is 13.2. The molecule has 7 nitrogen and oxygen atoms in total. The molecule has 0 spiro atoms. The van der Waals surface area contributed by atoms with E-state index in [-0.39, 0.29) is 11.5 Å². The Bertz CT molecular complexity index is 925.